The maximum atomic E-state index is 11.5. The van der Waals surface area contributed by atoms with Crippen molar-refractivity contribution in [3.05, 3.63) is 126 Å². The van der Waals surface area contributed by atoms with Gasteiger partial charge in [-0.2, -0.15) is 0 Å². The van der Waals surface area contributed by atoms with Gasteiger partial charge in [0, 0.05) is 33.8 Å². The minimum Gasteiger partial charge on any atom is -0.460 e. The van der Waals surface area contributed by atoms with E-state index in [0.717, 1.165) is 53.0 Å². The van der Waals surface area contributed by atoms with E-state index in [1.165, 1.54) is 0 Å². The topological polar surface area (TPSA) is 110 Å². The Balaban J connectivity index is 1.62. The zero-order chi connectivity index (χ0) is 37.7. The molecule has 0 bridgehead atoms. The molecule has 0 spiro atoms. The number of carbonyl (C=O) groups excluding carboxylic acids is 3. The fourth-order valence-electron chi connectivity index (χ4n) is 4.71. The van der Waals surface area contributed by atoms with Crippen LogP contribution in [0.15, 0.2) is 109 Å². The summed E-state index contributed by atoms with van der Waals surface area (Å²) in [4.78, 5) is 36.7. The first-order valence-corrected chi connectivity index (χ1v) is 17.3. The number of benzene rings is 3. The first-order chi connectivity index (χ1) is 25.0. The van der Waals surface area contributed by atoms with Crippen LogP contribution >= 0.6 is 0 Å². The van der Waals surface area contributed by atoms with Crippen molar-refractivity contribution in [2.75, 3.05) is 64.4 Å². The molecule has 0 aliphatic carbocycles. The molecule has 0 fully saturated rings. The van der Waals surface area contributed by atoms with Gasteiger partial charge in [-0.25, -0.2) is 14.4 Å². The molecule has 10 nitrogen and oxygen atoms in total. The molecule has 278 valence electrons. The van der Waals surface area contributed by atoms with Crippen molar-refractivity contribution in [1.82, 2.24) is 0 Å². The number of ether oxygens (including phenoxy) is 6. The molecule has 0 saturated heterocycles. The zero-order valence-corrected chi connectivity index (χ0v) is 30.7. The number of hydrogen-bond donors (Lipinski definition) is 0. The Morgan fingerprint density at radius 3 is 0.904 bits per heavy atom. The summed E-state index contributed by atoms with van der Waals surface area (Å²) in [5.74, 6) is -1.24. The molecule has 3 rings (SSSR count). The van der Waals surface area contributed by atoms with E-state index in [2.05, 4.69) is 97.4 Å². The van der Waals surface area contributed by atoms with E-state index in [0.29, 0.717) is 56.4 Å². The summed E-state index contributed by atoms with van der Waals surface area (Å²) >= 11 is 0. The summed E-state index contributed by atoms with van der Waals surface area (Å²) in [6.45, 7) is 18.6. The van der Waals surface area contributed by atoms with Crippen LogP contribution in [0, 0.1) is 0 Å². The van der Waals surface area contributed by atoms with Crippen LogP contribution in [0.1, 0.15) is 37.5 Å². The largest absolute Gasteiger partial charge is 0.460 e. The van der Waals surface area contributed by atoms with Crippen LogP contribution in [0.25, 0.3) is 0 Å². The molecule has 0 amide bonds. The van der Waals surface area contributed by atoms with E-state index in [1.807, 2.05) is 0 Å². The first-order valence-electron chi connectivity index (χ1n) is 17.3. The average molecular weight is 714 g/mol. The van der Waals surface area contributed by atoms with Crippen molar-refractivity contribution >= 4 is 35.0 Å². The van der Waals surface area contributed by atoms with Gasteiger partial charge in [-0.15, -0.1) is 0 Å². The standard InChI is InChI=1S/C42H51NO9/c1-31(2)40(44)50-28-25-47-22-19-34-7-13-37(14-8-34)43(38-15-9-35(10-16-38)20-23-48-26-29-51-41(45)32(3)4)39-17-11-36(12-18-39)21-24-49-27-30-52-42(46)33(5)6/h7-18H,1,3,5,19-30H2,2,4,6H3. The number of carbonyl (C=O) groups is 3. The van der Waals surface area contributed by atoms with Crippen molar-refractivity contribution in [3.63, 3.8) is 0 Å². The molecule has 0 aromatic heterocycles. The molecule has 10 heteroatoms. The molecule has 0 unspecified atom stereocenters. The van der Waals surface area contributed by atoms with Crippen LogP contribution in [0.2, 0.25) is 0 Å². The maximum Gasteiger partial charge on any atom is 0.333 e. The minimum atomic E-state index is -0.414. The molecule has 3 aromatic carbocycles. The van der Waals surface area contributed by atoms with Crippen molar-refractivity contribution in [3.8, 4) is 0 Å². The minimum absolute atomic E-state index is 0.192. The lowest BCUT2D eigenvalue weighted by atomic mass is 10.1. The molecule has 52 heavy (non-hydrogen) atoms. The predicted molar refractivity (Wildman–Crippen MR) is 202 cm³/mol. The Hall–Kier alpha value is -5.03. The molecular formula is C42H51NO9. The third-order valence-electron chi connectivity index (χ3n) is 7.62. The summed E-state index contributed by atoms with van der Waals surface area (Å²) in [6.07, 6.45) is 2.15. The molecule has 0 aliphatic rings. The third kappa shape index (κ3) is 15.1. The number of esters is 3. The Morgan fingerprint density at radius 2 is 0.673 bits per heavy atom. The lowest BCUT2D eigenvalue weighted by Crippen LogP contribution is -2.12. The van der Waals surface area contributed by atoms with Gasteiger partial charge in [-0.05, 0) is 93.1 Å². The fraction of sp³-hybridized carbons (Fsp3) is 0.357. The second kappa shape index (κ2) is 22.7. The number of rotatable bonds is 24. The Labute approximate surface area is 307 Å². The van der Waals surface area contributed by atoms with Crippen molar-refractivity contribution < 1.29 is 42.8 Å². The van der Waals surface area contributed by atoms with E-state index in [1.54, 1.807) is 20.8 Å². The van der Waals surface area contributed by atoms with Crippen LogP contribution in [0.5, 0.6) is 0 Å². The zero-order valence-electron chi connectivity index (χ0n) is 30.7. The van der Waals surface area contributed by atoms with Crippen LogP contribution in [0.3, 0.4) is 0 Å². The van der Waals surface area contributed by atoms with Crippen molar-refractivity contribution in [1.29, 1.82) is 0 Å². The van der Waals surface area contributed by atoms with Gasteiger partial charge in [0.1, 0.15) is 19.8 Å². The first kappa shape index (κ1) is 41.4. The number of nitrogens with zero attached hydrogens (tertiary/aromatic N) is 1. The molecule has 0 aliphatic heterocycles. The van der Waals surface area contributed by atoms with Gasteiger partial charge in [-0.1, -0.05) is 56.1 Å². The molecule has 3 aromatic rings. The highest BCUT2D eigenvalue weighted by molar-refractivity contribution is 5.87. The van der Waals surface area contributed by atoms with Gasteiger partial charge in [0.2, 0.25) is 0 Å². The Morgan fingerprint density at radius 1 is 0.423 bits per heavy atom. The van der Waals surface area contributed by atoms with Crippen molar-refractivity contribution in [2.24, 2.45) is 0 Å². The molecule has 0 heterocycles. The number of hydrogen-bond acceptors (Lipinski definition) is 10. The van der Waals surface area contributed by atoms with E-state index in [4.69, 9.17) is 28.4 Å². The molecule has 0 saturated carbocycles. The highest BCUT2D eigenvalue weighted by Gasteiger charge is 2.13. The predicted octanol–water partition coefficient (Wildman–Crippen LogP) is 7.19. The summed E-state index contributed by atoms with van der Waals surface area (Å²) in [5, 5.41) is 0. The van der Waals surface area contributed by atoms with Crippen LogP contribution in [-0.2, 0) is 62.1 Å². The van der Waals surface area contributed by atoms with Gasteiger partial charge in [-0.3, -0.25) is 0 Å². The van der Waals surface area contributed by atoms with E-state index < -0.39 is 17.9 Å². The van der Waals surface area contributed by atoms with E-state index in [9.17, 15) is 14.4 Å². The molecule has 0 radical (unpaired) electrons. The number of anilines is 3. The van der Waals surface area contributed by atoms with Gasteiger partial charge in [0.15, 0.2) is 0 Å². The lowest BCUT2D eigenvalue weighted by Gasteiger charge is -2.26. The smallest absolute Gasteiger partial charge is 0.333 e. The Bertz CT molecular complexity index is 1420. The van der Waals surface area contributed by atoms with Crippen LogP contribution < -0.4 is 4.90 Å². The van der Waals surface area contributed by atoms with Gasteiger partial charge in [0.05, 0.1) is 39.6 Å². The summed E-state index contributed by atoms with van der Waals surface area (Å²) in [6, 6.07) is 25.1. The third-order valence-corrected chi connectivity index (χ3v) is 7.62. The monoisotopic (exact) mass is 713 g/mol. The van der Waals surface area contributed by atoms with E-state index in [-0.39, 0.29) is 19.8 Å². The van der Waals surface area contributed by atoms with Crippen LogP contribution in [-0.4, -0.2) is 77.4 Å². The molecule has 0 N–H and O–H groups in total. The van der Waals surface area contributed by atoms with Gasteiger partial charge < -0.3 is 33.3 Å². The normalized spacial score (nSPS) is 10.7. The van der Waals surface area contributed by atoms with Gasteiger partial charge >= 0.3 is 17.9 Å². The Kier molecular flexibility index (Phi) is 18.1. The van der Waals surface area contributed by atoms with Gasteiger partial charge in [0.25, 0.3) is 0 Å². The van der Waals surface area contributed by atoms with Crippen LogP contribution in [0.4, 0.5) is 17.1 Å². The molecule has 0 atom stereocenters. The summed E-state index contributed by atoms with van der Waals surface area (Å²) < 4.78 is 32.2. The second-order valence-electron chi connectivity index (χ2n) is 12.2. The van der Waals surface area contributed by atoms with Crippen molar-refractivity contribution in [2.45, 2.75) is 40.0 Å². The lowest BCUT2D eigenvalue weighted by molar-refractivity contribution is -0.141. The quantitative estimate of drug-likeness (QED) is 0.0410. The SMILES string of the molecule is C=C(C)C(=O)OCCOCCc1ccc(N(c2ccc(CCOCCOC(=O)C(=C)C)cc2)c2ccc(CCOCCOC(=O)C(=C)C)cc2)cc1. The second-order valence-corrected chi connectivity index (χ2v) is 12.2. The maximum absolute atomic E-state index is 11.5. The van der Waals surface area contributed by atoms with E-state index >= 15 is 0 Å². The highest BCUT2D eigenvalue weighted by atomic mass is 16.6. The fourth-order valence-corrected chi connectivity index (χ4v) is 4.71. The summed E-state index contributed by atoms with van der Waals surface area (Å²) in [5.41, 5.74) is 7.46. The molecular weight excluding hydrogens is 662 g/mol. The highest BCUT2D eigenvalue weighted by Crippen LogP contribution is 2.35. The summed E-state index contributed by atoms with van der Waals surface area (Å²) in [7, 11) is 0. The average Bonchev–Trinajstić information content (AvgIpc) is 3.14.